The van der Waals surface area contributed by atoms with Crippen LogP contribution in [0.4, 0.5) is 0 Å². The molecular formula is C9H8NOS. The number of carbonyl (C=O) groups excluding carboxylic acids is 1. The quantitative estimate of drug-likeness (QED) is 0.657. The van der Waals surface area contributed by atoms with Crippen molar-refractivity contribution in [2.45, 2.75) is 6.92 Å². The summed E-state index contributed by atoms with van der Waals surface area (Å²) in [4.78, 5) is 11.1. The van der Waals surface area contributed by atoms with E-state index in [0.29, 0.717) is 4.99 Å². The Bertz CT molecular complexity index is 295. The fourth-order valence-electron chi connectivity index (χ4n) is 0.770. The van der Waals surface area contributed by atoms with Crippen molar-refractivity contribution >= 4 is 23.1 Å². The van der Waals surface area contributed by atoms with Crippen LogP contribution in [0, 0.1) is 6.07 Å². The molecule has 61 valence electrons. The van der Waals surface area contributed by atoms with Gasteiger partial charge >= 0.3 is 0 Å². The van der Waals surface area contributed by atoms with Crippen LogP contribution in [0.1, 0.15) is 12.5 Å². The summed E-state index contributed by atoms with van der Waals surface area (Å²) in [6.07, 6.45) is 0. The Morgan fingerprint density at radius 3 is 2.58 bits per heavy atom. The van der Waals surface area contributed by atoms with Gasteiger partial charge in [-0.25, -0.2) is 0 Å². The highest BCUT2D eigenvalue weighted by Crippen LogP contribution is 1.98. The second-order valence-electron chi connectivity index (χ2n) is 2.30. The molecule has 0 heterocycles. The third-order valence-electron chi connectivity index (χ3n) is 1.27. The summed E-state index contributed by atoms with van der Waals surface area (Å²) in [5.74, 6) is -0.146. The fourth-order valence-corrected chi connectivity index (χ4v) is 1.05. The molecule has 0 fully saturated rings. The number of amides is 1. The van der Waals surface area contributed by atoms with E-state index in [1.165, 1.54) is 6.92 Å². The topological polar surface area (TPSA) is 29.1 Å². The molecule has 1 N–H and O–H groups in total. The fraction of sp³-hybridized carbons (Fsp3) is 0.111. The van der Waals surface area contributed by atoms with Gasteiger partial charge in [0.1, 0.15) is 4.99 Å². The minimum Gasteiger partial charge on any atom is -0.317 e. The van der Waals surface area contributed by atoms with Crippen LogP contribution in [0.5, 0.6) is 0 Å². The minimum absolute atomic E-state index is 0.146. The largest absolute Gasteiger partial charge is 0.317 e. The lowest BCUT2D eigenvalue weighted by Gasteiger charge is -2.02. The van der Waals surface area contributed by atoms with Gasteiger partial charge in [0.05, 0.1) is 0 Å². The molecule has 1 aromatic rings. The molecule has 0 aliphatic carbocycles. The monoisotopic (exact) mass is 178 g/mol. The third-order valence-corrected chi connectivity index (χ3v) is 1.61. The van der Waals surface area contributed by atoms with Gasteiger partial charge in [-0.05, 0) is 6.07 Å². The van der Waals surface area contributed by atoms with Gasteiger partial charge in [0.15, 0.2) is 0 Å². The zero-order chi connectivity index (χ0) is 8.97. The lowest BCUT2D eigenvalue weighted by molar-refractivity contribution is -0.117. The maximum Gasteiger partial charge on any atom is 0.221 e. The highest BCUT2D eigenvalue weighted by atomic mass is 32.1. The van der Waals surface area contributed by atoms with Gasteiger partial charge < -0.3 is 5.32 Å². The van der Waals surface area contributed by atoms with Crippen molar-refractivity contribution in [1.29, 1.82) is 0 Å². The molecule has 2 nitrogen and oxygen atoms in total. The van der Waals surface area contributed by atoms with Crippen molar-refractivity contribution in [2.75, 3.05) is 0 Å². The summed E-state index contributed by atoms with van der Waals surface area (Å²) < 4.78 is 0. The molecule has 12 heavy (non-hydrogen) atoms. The van der Waals surface area contributed by atoms with Crippen molar-refractivity contribution < 1.29 is 4.79 Å². The summed E-state index contributed by atoms with van der Waals surface area (Å²) in [6, 6.07) is 9.98. The maximum atomic E-state index is 10.6. The Kier molecular flexibility index (Phi) is 2.94. The van der Waals surface area contributed by atoms with Crippen molar-refractivity contribution in [3.8, 4) is 0 Å². The van der Waals surface area contributed by atoms with Gasteiger partial charge in [0.25, 0.3) is 0 Å². The Morgan fingerprint density at radius 1 is 1.50 bits per heavy atom. The smallest absolute Gasteiger partial charge is 0.221 e. The summed E-state index contributed by atoms with van der Waals surface area (Å²) in [5, 5.41) is 2.54. The van der Waals surface area contributed by atoms with Crippen LogP contribution < -0.4 is 5.32 Å². The summed E-state index contributed by atoms with van der Waals surface area (Å²) >= 11 is 4.95. The van der Waals surface area contributed by atoms with Crippen LogP contribution in [-0.4, -0.2) is 10.9 Å². The molecule has 1 amide bonds. The summed E-state index contributed by atoms with van der Waals surface area (Å²) in [6.45, 7) is 1.43. The predicted octanol–water partition coefficient (Wildman–Crippen LogP) is 1.30. The SMILES string of the molecule is CC(=O)NC(=S)c1cc[c]cc1. The highest BCUT2D eigenvalue weighted by molar-refractivity contribution is 7.80. The molecule has 3 heteroatoms. The standard InChI is InChI=1S/C9H8NOS/c1-7(11)10-9(12)8-5-3-2-4-6-8/h3-6H,1H3,(H,10,11,12). The second kappa shape index (κ2) is 3.97. The van der Waals surface area contributed by atoms with Crippen LogP contribution in [-0.2, 0) is 4.79 Å². The van der Waals surface area contributed by atoms with Crippen molar-refractivity contribution in [3.63, 3.8) is 0 Å². The number of carbonyl (C=O) groups is 1. The first-order valence-electron chi connectivity index (χ1n) is 3.48. The molecule has 1 aromatic carbocycles. The van der Waals surface area contributed by atoms with E-state index >= 15 is 0 Å². The van der Waals surface area contributed by atoms with E-state index in [0.717, 1.165) is 5.56 Å². The maximum absolute atomic E-state index is 10.6. The van der Waals surface area contributed by atoms with Gasteiger partial charge in [0, 0.05) is 12.5 Å². The Morgan fingerprint density at radius 2 is 2.08 bits per heavy atom. The number of thiocarbonyl (C=S) groups is 1. The second-order valence-corrected chi connectivity index (χ2v) is 2.71. The van der Waals surface area contributed by atoms with Gasteiger partial charge in [-0.3, -0.25) is 4.79 Å². The molecule has 0 bridgehead atoms. The van der Waals surface area contributed by atoms with Gasteiger partial charge in [-0.15, -0.1) is 0 Å². The number of benzene rings is 1. The molecule has 0 unspecified atom stereocenters. The minimum atomic E-state index is -0.146. The number of hydrogen-bond donors (Lipinski definition) is 1. The van der Waals surface area contributed by atoms with E-state index in [1.807, 2.05) is 0 Å². The Hall–Kier alpha value is -1.22. The first-order chi connectivity index (χ1) is 5.70. The molecule has 0 saturated heterocycles. The van der Waals surface area contributed by atoms with E-state index in [1.54, 1.807) is 24.3 Å². The Balaban J connectivity index is 2.73. The van der Waals surface area contributed by atoms with Crippen molar-refractivity contribution in [2.24, 2.45) is 0 Å². The molecule has 0 spiro atoms. The van der Waals surface area contributed by atoms with Crippen LogP contribution in [0.25, 0.3) is 0 Å². The zero-order valence-electron chi connectivity index (χ0n) is 6.63. The average Bonchev–Trinajstić information content (AvgIpc) is 2.05. The Labute approximate surface area is 76.6 Å². The zero-order valence-corrected chi connectivity index (χ0v) is 7.44. The molecule has 1 rings (SSSR count). The van der Waals surface area contributed by atoms with Crippen LogP contribution in [0.3, 0.4) is 0 Å². The lowest BCUT2D eigenvalue weighted by Crippen LogP contribution is -2.26. The van der Waals surface area contributed by atoms with Crippen molar-refractivity contribution in [1.82, 2.24) is 5.32 Å². The van der Waals surface area contributed by atoms with E-state index in [-0.39, 0.29) is 5.91 Å². The molecule has 0 atom stereocenters. The molecular weight excluding hydrogens is 170 g/mol. The summed E-state index contributed by atoms with van der Waals surface area (Å²) in [5.41, 5.74) is 0.832. The van der Waals surface area contributed by atoms with Crippen LogP contribution in [0.15, 0.2) is 24.3 Å². The van der Waals surface area contributed by atoms with Gasteiger partial charge in [-0.2, -0.15) is 0 Å². The first-order valence-corrected chi connectivity index (χ1v) is 3.89. The third kappa shape index (κ3) is 2.43. The predicted molar refractivity (Wildman–Crippen MR) is 50.8 cm³/mol. The molecule has 0 aliphatic rings. The number of rotatable bonds is 1. The van der Waals surface area contributed by atoms with Crippen LogP contribution in [0.2, 0.25) is 0 Å². The average molecular weight is 178 g/mol. The number of hydrogen-bond acceptors (Lipinski definition) is 2. The molecule has 0 saturated carbocycles. The van der Waals surface area contributed by atoms with E-state index < -0.39 is 0 Å². The van der Waals surface area contributed by atoms with E-state index in [4.69, 9.17) is 12.2 Å². The molecule has 0 aliphatic heterocycles. The van der Waals surface area contributed by atoms with E-state index in [9.17, 15) is 4.79 Å². The highest BCUT2D eigenvalue weighted by Gasteiger charge is 2.00. The number of nitrogens with one attached hydrogen (secondary N) is 1. The van der Waals surface area contributed by atoms with Crippen molar-refractivity contribution in [3.05, 3.63) is 35.9 Å². The normalized spacial score (nSPS) is 9.08. The molecule has 0 aromatic heterocycles. The van der Waals surface area contributed by atoms with Crippen LogP contribution >= 0.6 is 12.2 Å². The van der Waals surface area contributed by atoms with Gasteiger partial charge in [-0.1, -0.05) is 36.5 Å². The first kappa shape index (κ1) is 8.87. The van der Waals surface area contributed by atoms with Gasteiger partial charge in [0.2, 0.25) is 5.91 Å². The molecule has 1 radical (unpaired) electrons. The summed E-state index contributed by atoms with van der Waals surface area (Å²) in [7, 11) is 0. The van der Waals surface area contributed by atoms with E-state index in [2.05, 4.69) is 11.4 Å². The lowest BCUT2D eigenvalue weighted by atomic mass is 10.2.